The van der Waals surface area contributed by atoms with Crippen LogP contribution < -0.4 is 0 Å². The van der Waals surface area contributed by atoms with E-state index in [1.54, 1.807) is 41.5 Å². The first-order valence-corrected chi connectivity index (χ1v) is 7.95. The van der Waals surface area contributed by atoms with Crippen LogP contribution in [0.4, 0.5) is 0 Å². The summed E-state index contributed by atoms with van der Waals surface area (Å²) < 4.78 is 0. The first kappa shape index (κ1) is 13.9. The van der Waals surface area contributed by atoms with E-state index in [-0.39, 0.29) is 24.0 Å². The number of carbonyl (C=O) groups is 1. The summed E-state index contributed by atoms with van der Waals surface area (Å²) in [5.41, 5.74) is 1.24. The van der Waals surface area contributed by atoms with Crippen LogP contribution >= 0.6 is 0 Å². The number of piperidine rings is 1. The van der Waals surface area contributed by atoms with Gasteiger partial charge in [-0.05, 0) is 49.9 Å². The average Bonchev–Trinajstić information content (AvgIpc) is 3.21. The molecule has 6 heteroatoms. The molecule has 0 radical (unpaired) electrons. The maximum Gasteiger partial charge on any atom is 0.254 e. The molecule has 3 heterocycles. The lowest BCUT2D eigenvalue weighted by atomic mass is 9.96. The summed E-state index contributed by atoms with van der Waals surface area (Å²) in [5, 5.41) is 17.4. The van der Waals surface area contributed by atoms with Crippen molar-refractivity contribution in [3.8, 4) is 6.07 Å². The molecule has 2 saturated heterocycles. The zero-order chi connectivity index (χ0) is 15.8. The largest absolute Gasteiger partial charge is 0.333 e. The number of aromatic nitrogens is 3. The highest BCUT2D eigenvalue weighted by molar-refractivity contribution is 5.95. The number of carbonyl (C=O) groups excluding carboxylic acids is 1. The lowest BCUT2D eigenvalue weighted by molar-refractivity contribution is 0.0512. The van der Waals surface area contributed by atoms with E-state index in [1.165, 1.54) is 0 Å². The fourth-order valence-electron chi connectivity index (χ4n) is 3.92. The second-order valence-corrected chi connectivity index (χ2v) is 6.26. The monoisotopic (exact) mass is 307 g/mol. The fraction of sp³-hybridized carbons (Fsp3) is 0.412. The molecule has 2 aliphatic rings. The van der Waals surface area contributed by atoms with Gasteiger partial charge in [-0.1, -0.05) is 0 Å². The number of benzene rings is 1. The van der Waals surface area contributed by atoms with Crippen LogP contribution in [0.3, 0.4) is 0 Å². The van der Waals surface area contributed by atoms with Gasteiger partial charge in [-0.2, -0.15) is 20.3 Å². The van der Waals surface area contributed by atoms with Gasteiger partial charge in [0.2, 0.25) is 0 Å². The minimum atomic E-state index is 0.0777. The summed E-state index contributed by atoms with van der Waals surface area (Å²) in [6, 6.07) is 9.79. The van der Waals surface area contributed by atoms with Crippen molar-refractivity contribution in [3.63, 3.8) is 0 Å². The third kappa shape index (κ3) is 2.38. The number of hydrogen-bond acceptors (Lipinski definition) is 4. The lowest BCUT2D eigenvalue weighted by Gasteiger charge is -2.38. The lowest BCUT2D eigenvalue weighted by Crippen LogP contribution is -2.47. The van der Waals surface area contributed by atoms with Gasteiger partial charge < -0.3 is 4.90 Å². The minimum Gasteiger partial charge on any atom is -0.333 e. The summed E-state index contributed by atoms with van der Waals surface area (Å²) in [7, 11) is 0. The van der Waals surface area contributed by atoms with Crippen LogP contribution in [0.25, 0.3) is 0 Å². The number of hydrogen-bond donors (Lipinski definition) is 0. The quantitative estimate of drug-likeness (QED) is 0.852. The molecule has 2 fully saturated rings. The van der Waals surface area contributed by atoms with Crippen LogP contribution in [0.1, 0.15) is 47.6 Å². The van der Waals surface area contributed by atoms with E-state index in [1.807, 2.05) is 4.90 Å². The average molecular weight is 307 g/mol. The second kappa shape index (κ2) is 5.51. The van der Waals surface area contributed by atoms with E-state index in [9.17, 15) is 4.79 Å². The van der Waals surface area contributed by atoms with Gasteiger partial charge in [0.25, 0.3) is 5.91 Å². The van der Waals surface area contributed by atoms with Crippen molar-refractivity contribution >= 4 is 5.91 Å². The molecule has 116 valence electrons. The van der Waals surface area contributed by atoms with Crippen LogP contribution in [-0.2, 0) is 0 Å². The molecule has 2 aromatic rings. The maximum atomic E-state index is 12.9. The van der Waals surface area contributed by atoms with Gasteiger partial charge in [0.05, 0.1) is 30.1 Å². The van der Waals surface area contributed by atoms with Crippen LogP contribution in [0.15, 0.2) is 36.7 Å². The minimum absolute atomic E-state index is 0.0777. The van der Waals surface area contributed by atoms with E-state index in [0.717, 1.165) is 25.7 Å². The SMILES string of the molecule is N#Cc1ccc(C(=O)N2C3CCC2CC(n2nccn2)C3)cc1. The van der Waals surface area contributed by atoms with Crippen LogP contribution in [0.2, 0.25) is 0 Å². The highest BCUT2D eigenvalue weighted by atomic mass is 16.2. The summed E-state index contributed by atoms with van der Waals surface area (Å²) in [4.78, 5) is 16.7. The molecule has 2 bridgehead atoms. The van der Waals surface area contributed by atoms with Crippen LogP contribution in [0, 0.1) is 11.3 Å². The molecule has 2 atom stereocenters. The van der Waals surface area contributed by atoms with E-state index >= 15 is 0 Å². The summed E-state index contributed by atoms with van der Waals surface area (Å²) in [6.45, 7) is 0. The first-order chi connectivity index (χ1) is 11.3. The van der Waals surface area contributed by atoms with E-state index in [4.69, 9.17) is 5.26 Å². The third-order valence-electron chi connectivity index (χ3n) is 4.97. The summed E-state index contributed by atoms with van der Waals surface area (Å²) >= 11 is 0. The standard InChI is InChI=1S/C17H17N5O/c18-11-12-1-3-13(4-2-12)17(23)21-14-5-6-15(21)10-16(9-14)22-19-7-8-20-22/h1-4,7-8,14-16H,5-6,9-10H2. The molecule has 6 nitrogen and oxygen atoms in total. The molecule has 23 heavy (non-hydrogen) atoms. The Morgan fingerprint density at radius 3 is 2.22 bits per heavy atom. The molecule has 0 spiro atoms. The Labute approximate surface area is 134 Å². The fourth-order valence-corrected chi connectivity index (χ4v) is 3.92. The summed E-state index contributed by atoms with van der Waals surface area (Å²) in [6.07, 6.45) is 7.32. The van der Waals surface area contributed by atoms with Gasteiger partial charge in [-0.15, -0.1) is 0 Å². The van der Waals surface area contributed by atoms with Gasteiger partial charge in [0.1, 0.15) is 0 Å². The predicted molar refractivity (Wildman–Crippen MR) is 82.4 cm³/mol. The van der Waals surface area contributed by atoms with E-state index < -0.39 is 0 Å². The highest BCUT2D eigenvalue weighted by Crippen LogP contribution is 2.41. The van der Waals surface area contributed by atoms with E-state index in [0.29, 0.717) is 11.1 Å². The van der Waals surface area contributed by atoms with E-state index in [2.05, 4.69) is 16.3 Å². The summed E-state index contributed by atoms with van der Waals surface area (Å²) in [5.74, 6) is 0.0777. The zero-order valence-electron chi connectivity index (χ0n) is 12.7. The van der Waals surface area contributed by atoms with Crippen molar-refractivity contribution < 1.29 is 4.79 Å². The van der Waals surface area contributed by atoms with Gasteiger partial charge in [-0.3, -0.25) is 4.79 Å². The molecule has 1 amide bonds. The number of amides is 1. The van der Waals surface area contributed by atoms with Crippen molar-refractivity contribution in [2.45, 2.75) is 43.8 Å². The molecule has 0 N–H and O–H groups in total. The predicted octanol–water partition coefficient (Wildman–Crippen LogP) is 2.16. The van der Waals surface area contributed by atoms with Gasteiger partial charge in [-0.25, -0.2) is 0 Å². The van der Waals surface area contributed by atoms with Gasteiger partial charge in [0.15, 0.2) is 0 Å². The van der Waals surface area contributed by atoms with Gasteiger partial charge >= 0.3 is 0 Å². The highest BCUT2D eigenvalue weighted by Gasteiger charge is 2.44. The van der Waals surface area contributed by atoms with Crippen molar-refractivity contribution in [2.24, 2.45) is 0 Å². The molecule has 2 aliphatic heterocycles. The Kier molecular flexibility index (Phi) is 3.34. The molecule has 4 rings (SSSR count). The Morgan fingerprint density at radius 1 is 1.04 bits per heavy atom. The zero-order valence-corrected chi connectivity index (χ0v) is 12.7. The number of nitriles is 1. The Morgan fingerprint density at radius 2 is 1.65 bits per heavy atom. The van der Waals surface area contributed by atoms with Crippen LogP contribution in [-0.4, -0.2) is 37.9 Å². The number of nitrogens with zero attached hydrogens (tertiary/aromatic N) is 5. The van der Waals surface area contributed by atoms with Crippen molar-refractivity contribution in [2.75, 3.05) is 0 Å². The third-order valence-corrected chi connectivity index (χ3v) is 4.97. The number of fused-ring (bicyclic) bond motifs is 2. The first-order valence-electron chi connectivity index (χ1n) is 7.95. The molecule has 0 aliphatic carbocycles. The normalized spacial score (nSPS) is 26.0. The Balaban J connectivity index is 1.54. The molecular weight excluding hydrogens is 290 g/mol. The Hall–Kier alpha value is -2.68. The molecular formula is C17H17N5O. The molecule has 0 saturated carbocycles. The topological polar surface area (TPSA) is 74.8 Å². The van der Waals surface area contributed by atoms with Crippen molar-refractivity contribution in [3.05, 3.63) is 47.8 Å². The van der Waals surface area contributed by atoms with Crippen molar-refractivity contribution in [1.29, 1.82) is 5.26 Å². The van der Waals surface area contributed by atoms with Gasteiger partial charge in [0, 0.05) is 17.6 Å². The Bertz CT molecular complexity index is 732. The smallest absolute Gasteiger partial charge is 0.254 e. The molecule has 1 aromatic heterocycles. The number of rotatable bonds is 2. The second-order valence-electron chi connectivity index (χ2n) is 6.26. The molecule has 2 unspecified atom stereocenters. The maximum absolute atomic E-state index is 12.9. The molecule has 1 aromatic carbocycles. The van der Waals surface area contributed by atoms with Crippen LogP contribution in [0.5, 0.6) is 0 Å². The van der Waals surface area contributed by atoms with Crippen molar-refractivity contribution in [1.82, 2.24) is 19.9 Å².